The normalized spacial score (nSPS) is 18.3. The summed E-state index contributed by atoms with van der Waals surface area (Å²) in [5, 5.41) is 3.89. The summed E-state index contributed by atoms with van der Waals surface area (Å²) in [6.07, 6.45) is 2.64. The lowest BCUT2D eigenvalue weighted by atomic mass is 10.2. The van der Waals surface area contributed by atoms with E-state index in [-0.39, 0.29) is 5.91 Å². The highest BCUT2D eigenvalue weighted by Crippen LogP contribution is 2.26. The van der Waals surface area contributed by atoms with E-state index in [1.54, 1.807) is 28.5 Å². The fourth-order valence-electron chi connectivity index (χ4n) is 3.66. The summed E-state index contributed by atoms with van der Waals surface area (Å²) in [7, 11) is 0. The Kier molecular flexibility index (Phi) is 6.64. The Morgan fingerprint density at radius 2 is 1.97 bits per heavy atom. The number of ether oxygens (including phenoxy) is 1. The van der Waals surface area contributed by atoms with Crippen molar-refractivity contribution in [2.24, 2.45) is 0 Å². The zero-order valence-electron chi connectivity index (χ0n) is 16.6. The van der Waals surface area contributed by atoms with E-state index in [1.165, 1.54) is 5.01 Å². The van der Waals surface area contributed by atoms with Crippen LogP contribution in [0.5, 0.6) is 0 Å². The molecule has 0 aliphatic carbocycles. The van der Waals surface area contributed by atoms with Crippen LogP contribution >= 0.6 is 22.9 Å². The minimum absolute atomic E-state index is 0.0335. The molecule has 0 unspecified atom stereocenters. The summed E-state index contributed by atoms with van der Waals surface area (Å²) in [4.78, 5) is 28.2. The zero-order valence-corrected chi connectivity index (χ0v) is 18.2. The molecule has 0 saturated carbocycles. The Morgan fingerprint density at radius 3 is 2.62 bits per heavy atom. The molecule has 1 amide bonds. The summed E-state index contributed by atoms with van der Waals surface area (Å²) in [5.74, 6) is 0.723. The van der Waals surface area contributed by atoms with Gasteiger partial charge < -0.3 is 14.5 Å². The number of thiazole rings is 1. The second kappa shape index (κ2) is 9.38. The van der Waals surface area contributed by atoms with E-state index in [1.807, 2.05) is 0 Å². The molecule has 2 saturated heterocycles. The summed E-state index contributed by atoms with van der Waals surface area (Å²) >= 11 is 8.25. The Bertz CT molecular complexity index is 847. The molecule has 7 nitrogen and oxygen atoms in total. The second-order valence-corrected chi connectivity index (χ2v) is 8.63. The minimum atomic E-state index is -0.0335. The van der Waals surface area contributed by atoms with Gasteiger partial charge in [-0.1, -0.05) is 18.5 Å². The van der Waals surface area contributed by atoms with Crippen LogP contribution in [0.2, 0.25) is 5.02 Å². The molecule has 0 spiro atoms. The molecule has 9 heteroatoms. The number of anilines is 1. The molecule has 2 aliphatic rings. The number of pyridine rings is 1. The molecule has 29 heavy (non-hydrogen) atoms. The summed E-state index contributed by atoms with van der Waals surface area (Å²) in [5.41, 5.74) is 1.69. The molecule has 156 valence electrons. The third-order valence-corrected chi connectivity index (χ3v) is 6.65. The van der Waals surface area contributed by atoms with Crippen LogP contribution in [0, 0.1) is 0 Å². The SMILES string of the molecule is CCc1nc(CN2CCN(c3ncc(C(=O)N4CCOCC4)cc3Cl)CC2)cs1. The van der Waals surface area contributed by atoms with E-state index < -0.39 is 0 Å². The van der Waals surface area contributed by atoms with E-state index in [4.69, 9.17) is 16.3 Å². The van der Waals surface area contributed by atoms with Gasteiger partial charge in [0.15, 0.2) is 0 Å². The Labute approximate surface area is 180 Å². The number of carbonyl (C=O) groups is 1. The first-order valence-corrected chi connectivity index (χ1v) is 11.3. The number of aryl methyl sites for hydroxylation is 1. The van der Waals surface area contributed by atoms with Crippen molar-refractivity contribution in [2.75, 3.05) is 57.4 Å². The van der Waals surface area contributed by atoms with Crippen molar-refractivity contribution in [3.63, 3.8) is 0 Å². The summed E-state index contributed by atoms with van der Waals surface area (Å²) in [6, 6.07) is 1.75. The fourth-order valence-corrected chi connectivity index (χ4v) is 4.68. The summed E-state index contributed by atoms with van der Waals surface area (Å²) < 4.78 is 5.31. The maximum absolute atomic E-state index is 12.6. The second-order valence-electron chi connectivity index (χ2n) is 7.28. The third kappa shape index (κ3) is 4.88. The van der Waals surface area contributed by atoms with Crippen LogP contribution in [0.1, 0.15) is 28.0 Å². The predicted octanol–water partition coefficient (Wildman–Crippen LogP) is 2.55. The maximum Gasteiger partial charge on any atom is 0.255 e. The Balaban J connectivity index is 1.35. The number of amides is 1. The van der Waals surface area contributed by atoms with Gasteiger partial charge in [-0.15, -0.1) is 11.3 Å². The van der Waals surface area contributed by atoms with Crippen LogP contribution < -0.4 is 4.90 Å². The molecular weight excluding hydrogens is 410 g/mol. The van der Waals surface area contributed by atoms with Crippen molar-refractivity contribution in [1.29, 1.82) is 0 Å². The lowest BCUT2D eigenvalue weighted by Crippen LogP contribution is -2.46. The first kappa shape index (κ1) is 20.5. The average molecular weight is 436 g/mol. The molecule has 4 rings (SSSR count). The van der Waals surface area contributed by atoms with Gasteiger partial charge in [-0.3, -0.25) is 9.69 Å². The number of hydrogen-bond acceptors (Lipinski definition) is 7. The van der Waals surface area contributed by atoms with Crippen LogP contribution in [0.15, 0.2) is 17.6 Å². The average Bonchev–Trinajstić information content (AvgIpc) is 3.22. The van der Waals surface area contributed by atoms with Gasteiger partial charge in [0, 0.05) is 57.4 Å². The van der Waals surface area contributed by atoms with Crippen molar-refractivity contribution in [3.8, 4) is 0 Å². The number of halogens is 1. The molecule has 2 aromatic rings. The van der Waals surface area contributed by atoms with Crippen molar-refractivity contribution in [1.82, 2.24) is 19.8 Å². The smallest absolute Gasteiger partial charge is 0.255 e. The van der Waals surface area contributed by atoms with Crippen molar-refractivity contribution >= 4 is 34.7 Å². The first-order chi connectivity index (χ1) is 14.1. The van der Waals surface area contributed by atoms with Gasteiger partial charge in [0.05, 0.1) is 34.5 Å². The molecule has 0 atom stereocenters. The lowest BCUT2D eigenvalue weighted by Gasteiger charge is -2.35. The number of piperazine rings is 1. The largest absolute Gasteiger partial charge is 0.378 e. The number of nitrogens with zero attached hydrogens (tertiary/aromatic N) is 5. The third-order valence-electron chi connectivity index (χ3n) is 5.33. The number of hydrogen-bond donors (Lipinski definition) is 0. The monoisotopic (exact) mass is 435 g/mol. The number of carbonyl (C=O) groups excluding carboxylic acids is 1. The van der Waals surface area contributed by atoms with Gasteiger partial charge in [-0.25, -0.2) is 9.97 Å². The van der Waals surface area contributed by atoms with E-state index in [9.17, 15) is 4.79 Å². The standard InChI is InChI=1S/C20H26ClN5O2S/c1-2-18-23-16(14-29-18)13-24-3-5-25(6-4-24)19-17(21)11-15(12-22-19)20(27)26-7-9-28-10-8-26/h11-12,14H,2-10,13H2,1H3. The van der Waals surface area contributed by atoms with Crippen molar-refractivity contribution < 1.29 is 9.53 Å². The molecule has 0 radical (unpaired) electrons. The number of aromatic nitrogens is 2. The van der Waals surface area contributed by atoms with Crippen LogP contribution in [0.4, 0.5) is 5.82 Å². The van der Waals surface area contributed by atoms with Crippen LogP contribution in [0.25, 0.3) is 0 Å². The van der Waals surface area contributed by atoms with Crippen LogP contribution in [-0.2, 0) is 17.7 Å². The van der Waals surface area contributed by atoms with Gasteiger partial charge in [0.25, 0.3) is 5.91 Å². The van der Waals surface area contributed by atoms with Gasteiger partial charge in [-0.2, -0.15) is 0 Å². The van der Waals surface area contributed by atoms with Crippen molar-refractivity contribution in [2.45, 2.75) is 19.9 Å². The van der Waals surface area contributed by atoms with E-state index in [2.05, 4.69) is 32.1 Å². The fraction of sp³-hybridized carbons (Fsp3) is 0.550. The Hall–Kier alpha value is -1.74. The zero-order chi connectivity index (χ0) is 20.2. The molecule has 0 aromatic carbocycles. The number of rotatable bonds is 5. The molecule has 2 aliphatic heterocycles. The Morgan fingerprint density at radius 1 is 1.21 bits per heavy atom. The van der Waals surface area contributed by atoms with E-state index in [0.29, 0.717) is 36.9 Å². The van der Waals surface area contributed by atoms with Crippen molar-refractivity contribution in [3.05, 3.63) is 38.9 Å². The van der Waals surface area contributed by atoms with Gasteiger partial charge >= 0.3 is 0 Å². The van der Waals surface area contributed by atoms with E-state index >= 15 is 0 Å². The van der Waals surface area contributed by atoms with E-state index in [0.717, 1.165) is 50.7 Å². The molecule has 2 aromatic heterocycles. The molecule has 0 bridgehead atoms. The highest BCUT2D eigenvalue weighted by Gasteiger charge is 2.23. The highest BCUT2D eigenvalue weighted by atomic mass is 35.5. The van der Waals surface area contributed by atoms with Crippen LogP contribution in [-0.4, -0.2) is 78.2 Å². The van der Waals surface area contributed by atoms with Gasteiger partial charge in [0.1, 0.15) is 5.82 Å². The molecular formula is C20H26ClN5O2S. The molecule has 4 heterocycles. The quantitative estimate of drug-likeness (QED) is 0.719. The van der Waals surface area contributed by atoms with Gasteiger partial charge in [-0.05, 0) is 12.5 Å². The summed E-state index contributed by atoms with van der Waals surface area (Å²) in [6.45, 7) is 8.99. The first-order valence-electron chi connectivity index (χ1n) is 10.1. The highest BCUT2D eigenvalue weighted by molar-refractivity contribution is 7.09. The van der Waals surface area contributed by atoms with Crippen LogP contribution in [0.3, 0.4) is 0 Å². The lowest BCUT2D eigenvalue weighted by molar-refractivity contribution is 0.0302. The minimum Gasteiger partial charge on any atom is -0.378 e. The van der Waals surface area contributed by atoms with Gasteiger partial charge in [0.2, 0.25) is 0 Å². The predicted molar refractivity (Wildman–Crippen MR) is 115 cm³/mol. The maximum atomic E-state index is 12.6. The molecule has 0 N–H and O–H groups in total. The topological polar surface area (TPSA) is 61.8 Å². The molecule has 2 fully saturated rings. The number of morpholine rings is 1.